The van der Waals surface area contributed by atoms with Gasteiger partial charge in [0.1, 0.15) is 6.61 Å². The molecule has 0 aliphatic rings. The summed E-state index contributed by atoms with van der Waals surface area (Å²) in [4.78, 5) is 45.1. The predicted molar refractivity (Wildman–Crippen MR) is 149 cm³/mol. The third kappa shape index (κ3) is 12.1. The fourth-order valence-electron chi connectivity index (χ4n) is 2.78. The Morgan fingerprint density at radius 2 is 1.26 bits per heavy atom. The molecule has 4 rings (SSSR count). The van der Waals surface area contributed by atoms with Crippen LogP contribution in [0.5, 0.6) is 6.01 Å². The molecule has 0 radical (unpaired) electrons. The molecule has 15 heteroatoms. The number of nitrogens with zero attached hydrogens (tertiary/aromatic N) is 6. The molecule has 0 amide bonds. The number of carbonyl (C=O) groups is 2. The molecule has 0 bridgehead atoms. The lowest BCUT2D eigenvalue weighted by Crippen LogP contribution is -2.15. The number of aliphatic hydroxyl groups excluding tert-OH is 1. The Morgan fingerprint density at radius 3 is 1.74 bits per heavy atom. The van der Waals surface area contributed by atoms with Gasteiger partial charge in [0, 0.05) is 31.0 Å². The number of pyridine rings is 2. The smallest absolute Gasteiger partial charge is 0.344 e. The van der Waals surface area contributed by atoms with Crippen LogP contribution in [-0.4, -0.2) is 88.1 Å². The SMILES string of the molecule is CCOC(=O)CO.CCOC(=O)COc1nccc(-c2ccccn2)n1.CS(=O)(=O)c1nccc(-c2ccccn2)n1. The normalized spacial score (nSPS) is 10.2. The van der Waals surface area contributed by atoms with E-state index >= 15 is 0 Å². The molecule has 1 N–H and O–H groups in total. The highest BCUT2D eigenvalue weighted by atomic mass is 32.2. The first-order valence-electron chi connectivity index (χ1n) is 12.4. The average molecular weight is 599 g/mol. The predicted octanol–water partition coefficient (Wildman–Crippen LogP) is 1.96. The minimum absolute atomic E-state index is 0.121. The third-order valence-electron chi connectivity index (χ3n) is 4.51. The summed E-state index contributed by atoms with van der Waals surface area (Å²) in [6.45, 7) is 3.34. The highest BCUT2D eigenvalue weighted by Gasteiger charge is 2.12. The van der Waals surface area contributed by atoms with Gasteiger partial charge in [-0.1, -0.05) is 12.1 Å². The van der Waals surface area contributed by atoms with Crippen molar-refractivity contribution >= 4 is 21.8 Å². The highest BCUT2D eigenvalue weighted by Crippen LogP contribution is 2.15. The molecule has 0 saturated heterocycles. The Hall–Kier alpha value is -4.89. The molecule has 0 spiro atoms. The molecule has 4 heterocycles. The number of sulfone groups is 1. The molecule has 42 heavy (non-hydrogen) atoms. The van der Waals surface area contributed by atoms with Gasteiger partial charge in [-0.05, 0) is 50.2 Å². The molecule has 4 aromatic rings. The van der Waals surface area contributed by atoms with Crippen LogP contribution in [0.1, 0.15) is 13.8 Å². The van der Waals surface area contributed by atoms with E-state index in [9.17, 15) is 18.0 Å². The number of esters is 2. The Balaban J connectivity index is 0.000000243. The first-order chi connectivity index (χ1) is 20.2. The Morgan fingerprint density at radius 1 is 0.714 bits per heavy atom. The van der Waals surface area contributed by atoms with Crippen molar-refractivity contribution in [2.75, 3.05) is 32.7 Å². The van der Waals surface area contributed by atoms with E-state index in [1.165, 1.54) is 6.20 Å². The molecule has 0 aliphatic carbocycles. The molecule has 0 aliphatic heterocycles. The number of hydrogen-bond acceptors (Lipinski definition) is 14. The van der Waals surface area contributed by atoms with Gasteiger partial charge in [0.2, 0.25) is 15.0 Å². The van der Waals surface area contributed by atoms with Crippen molar-refractivity contribution in [3.05, 3.63) is 73.3 Å². The molecule has 14 nitrogen and oxygen atoms in total. The van der Waals surface area contributed by atoms with Crippen LogP contribution in [0.15, 0.2) is 78.5 Å². The maximum absolute atomic E-state index is 11.3. The van der Waals surface area contributed by atoms with Crippen LogP contribution in [0.2, 0.25) is 0 Å². The van der Waals surface area contributed by atoms with Crippen molar-refractivity contribution in [2.45, 2.75) is 19.0 Å². The summed E-state index contributed by atoms with van der Waals surface area (Å²) in [5.74, 6) is -1.02. The van der Waals surface area contributed by atoms with E-state index in [1.807, 2.05) is 24.3 Å². The number of hydrogen-bond donors (Lipinski definition) is 1. The summed E-state index contributed by atoms with van der Waals surface area (Å²) in [5.41, 5.74) is 2.46. The lowest BCUT2D eigenvalue weighted by atomic mass is 10.3. The number of aromatic nitrogens is 6. The molecule has 4 aromatic heterocycles. The summed E-state index contributed by atoms with van der Waals surface area (Å²) in [6, 6.07) is 14.3. The number of carbonyl (C=O) groups excluding carboxylic acids is 2. The molecular formula is C27H30N6O8S. The summed E-state index contributed by atoms with van der Waals surface area (Å²) in [6.07, 6.45) is 7.34. The van der Waals surface area contributed by atoms with Crippen LogP contribution in [0.4, 0.5) is 0 Å². The average Bonchev–Trinajstić information content (AvgIpc) is 3.01. The van der Waals surface area contributed by atoms with E-state index in [2.05, 4.69) is 34.6 Å². The van der Waals surface area contributed by atoms with E-state index in [0.717, 1.165) is 6.26 Å². The van der Waals surface area contributed by atoms with Crippen molar-refractivity contribution in [3.63, 3.8) is 0 Å². The maximum Gasteiger partial charge on any atom is 0.344 e. The second-order valence-corrected chi connectivity index (χ2v) is 9.62. The lowest BCUT2D eigenvalue weighted by molar-refractivity contribution is -0.146. The first kappa shape index (κ1) is 33.3. The minimum Gasteiger partial charge on any atom is -0.464 e. The zero-order valence-electron chi connectivity index (χ0n) is 23.2. The van der Waals surface area contributed by atoms with Gasteiger partial charge < -0.3 is 19.3 Å². The topological polar surface area (TPSA) is 194 Å². The molecule has 222 valence electrons. The van der Waals surface area contributed by atoms with E-state index in [1.54, 1.807) is 56.7 Å². The molecule has 0 unspecified atom stereocenters. The van der Waals surface area contributed by atoms with Crippen LogP contribution in [-0.2, 0) is 28.9 Å². The van der Waals surface area contributed by atoms with Crippen LogP contribution >= 0.6 is 0 Å². The van der Waals surface area contributed by atoms with Crippen molar-refractivity contribution in [2.24, 2.45) is 0 Å². The molecule has 0 aromatic carbocycles. The first-order valence-corrected chi connectivity index (χ1v) is 14.3. The van der Waals surface area contributed by atoms with Crippen molar-refractivity contribution in [3.8, 4) is 28.8 Å². The summed E-state index contributed by atoms with van der Waals surface area (Å²) >= 11 is 0. The van der Waals surface area contributed by atoms with Crippen molar-refractivity contribution in [1.29, 1.82) is 0 Å². The molecule has 0 atom stereocenters. The molecular weight excluding hydrogens is 568 g/mol. The molecule has 0 saturated carbocycles. The van der Waals surface area contributed by atoms with Crippen LogP contribution in [0, 0.1) is 0 Å². The second kappa shape index (κ2) is 17.7. The van der Waals surface area contributed by atoms with Gasteiger partial charge in [-0.25, -0.2) is 33.0 Å². The van der Waals surface area contributed by atoms with Gasteiger partial charge in [0.25, 0.3) is 0 Å². The summed E-state index contributed by atoms with van der Waals surface area (Å²) in [7, 11) is -3.38. The van der Waals surface area contributed by atoms with Crippen LogP contribution < -0.4 is 4.74 Å². The van der Waals surface area contributed by atoms with Crippen LogP contribution in [0.3, 0.4) is 0 Å². The minimum atomic E-state index is -3.38. The Bertz CT molecular complexity index is 1510. The van der Waals surface area contributed by atoms with Crippen LogP contribution in [0.25, 0.3) is 22.8 Å². The van der Waals surface area contributed by atoms with E-state index in [-0.39, 0.29) is 17.8 Å². The number of aliphatic hydroxyl groups is 1. The maximum atomic E-state index is 11.3. The quantitative estimate of drug-likeness (QED) is 0.217. The zero-order valence-corrected chi connectivity index (χ0v) is 24.0. The van der Waals surface area contributed by atoms with E-state index in [0.29, 0.717) is 36.0 Å². The van der Waals surface area contributed by atoms with Gasteiger partial charge in [0.05, 0.1) is 36.0 Å². The monoisotopic (exact) mass is 598 g/mol. The fraction of sp³-hybridized carbons (Fsp3) is 0.259. The summed E-state index contributed by atoms with van der Waals surface area (Å²) < 4.78 is 36.7. The second-order valence-electron chi connectivity index (χ2n) is 7.71. The lowest BCUT2D eigenvalue weighted by Gasteiger charge is -2.05. The molecule has 0 fully saturated rings. The Labute approximate surface area is 242 Å². The number of rotatable bonds is 9. The highest BCUT2D eigenvalue weighted by molar-refractivity contribution is 7.90. The fourth-order valence-corrected chi connectivity index (χ4v) is 3.29. The largest absolute Gasteiger partial charge is 0.464 e. The van der Waals surface area contributed by atoms with Gasteiger partial charge in [-0.15, -0.1) is 0 Å². The standard InChI is InChI=1S/C13H13N3O3.C10H9N3O2S.C4H8O3/c1-2-18-12(17)9-19-13-15-8-6-11(16-13)10-5-3-4-7-14-10;1-16(14,15)10-12-7-5-9(13-10)8-4-2-3-6-11-8;1-2-7-4(6)3-5/h3-8H,2,9H2,1H3;2-7H,1H3;5H,2-3H2,1H3. The van der Waals surface area contributed by atoms with Crippen molar-refractivity contribution in [1.82, 2.24) is 29.9 Å². The van der Waals surface area contributed by atoms with Gasteiger partial charge in [-0.3, -0.25) is 9.97 Å². The van der Waals surface area contributed by atoms with Gasteiger partial charge >= 0.3 is 17.9 Å². The number of ether oxygens (including phenoxy) is 3. The van der Waals surface area contributed by atoms with Crippen molar-refractivity contribution < 1.29 is 37.3 Å². The van der Waals surface area contributed by atoms with E-state index in [4.69, 9.17) is 14.6 Å². The summed E-state index contributed by atoms with van der Waals surface area (Å²) in [5, 5.41) is 7.81. The Kier molecular flexibility index (Phi) is 14.1. The van der Waals surface area contributed by atoms with Gasteiger partial charge in [0.15, 0.2) is 6.61 Å². The zero-order chi connectivity index (χ0) is 30.8. The van der Waals surface area contributed by atoms with E-state index < -0.39 is 28.4 Å². The third-order valence-corrected chi connectivity index (χ3v) is 5.37. The van der Waals surface area contributed by atoms with Gasteiger partial charge in [-0.2, -0.15) is 4.98 Å².